The predicted octanol–water partition coefficient (Wildman–Crippen LogP) is -4.91. The Balaban J connectivity index is -0.0000000300. The van der Waals surface area contributed by atoms with Crippen LogP contribution in [0.3, 0.4) is 0 Å². The first-order valence-electron chi connectivity index (χ1n) is 2.19. The molecule has 5 heteroatoms. The van der Waals surface area contributed by atoms with Crippen LogP contribution < -0.4 is 37.0 Å². The van der Waals surface area contributed by atoms with Crippen LogP contribution in [0.25, 0.3) is 0 Å². The molecular weight excluding hydrogens is 160 g/mol. The van der Waals surface area contributed by atoms with Crippen molar-refractivity contribution in [1.29, 1.82) is 0 Å². The second-order valence-corrected chi connectivity index (χ2v) is 1.29. The van der Waals surface area contributed by atoms with Crippen LogP contribution in [-0.2, 0) is 4.79 Å². The third-order valence-corrected chi connectivity index (χ3v) is 0.595. The monoisotopic (exact) mass is 177 g/mol. The van der Waals surface area contributed by atoms with Gasteiger partial charge in [0.1, 0.15) is 0 Å². The van der Waals surface area contributed by atoms with Crippen LogP contribution in [0.5, 0.6) is 0 Å². The second-order valence-electron chi connectivity index (χ2n) is 1.29. The largest absolute Gasteiger partial charge is 1.00 e. The Morgan fingerprint density at radius 1 is 1.36 bits per heavy atom. The molecule has 0 bridgehead atoms. The summed E-state index contributed by atoms with van der Waals surface area (Å²) in [6.45, 7) is 0.465. The summed E-state index contributed by atoms with van der Waals surface area (Å²) in [5.74, 6) is -0.773. The summed E-state index contributed by atoms with van der Waals surface area (Å²) in [6.07, 6.45) is 0.770. The zero-order valence-electron chi connectivity index (χ0n) is 5.43. The van der Waals surface area contributed by atoms with Crippen molar-refractivity contribution in [3.8, 4) is 0 Å². The smallest absolute Gasteiger partial charge is 1.00 e. The van der Waals surface area contributed by atoms with E-state index in [1.807, 2.05) is 0 Å². The van der Waals surface area contributed by atoms with Gasteiger partial charge in [0.05, 0.1) is 0 Å². The van der Waals surface area contributed by atoms with E-state index in [0.29, 0.717) is 13.0 Å². The van der Waals surface area contributed by atoms with Crippen LogP contribution in [0.2, 0.25) is 0 Å². The quantitative estimate of drug-likeness (QED) is 0.425. The van der Waals surface area contributed by atoms with Gasteiger partial charge in [-0.05, 0) is 13.0 Å². The number of rotatable bonds is 3. The maximum Gasteiger partial charge on any atom is 1.00 e. The van der Waals surface area contributed by atoms with Crippen molar-refractivity contribution in [1.82, 2.24) is 0 Å². The second kappa shape index (κ2) is 22.4. The van der Waals surface area contributed by atoms with Crippen LogP contribution in [-0.4, -0.2) is 17.6 Å². The average Bonchev–Trinajstić information content (AvgIpc) is 1.61. The minimum absolute atomic E-state index is 0. The Morgan fingerprint density at radius 3 is 1.82 bits per heavy atom. The summed E-state index contributed by atoms with van der Waals surface area (Å²) < 4.78 is 0. The maximum absolute atomic E-state index is 9.70. The molecule has 0 saturated heterocycles. The van der Waals surface area contributed by atoms with Gasteiger partial charge in [-0.15, -0.1) is 0 Å². The van der Waals surface area contributed by atoms with Crippen molar-refractivity contribution in [3.63, 3.8) is 0 Å². The van der Waals surface area contributed by atoms with Crippen molar-refractivity contribution in [2.45, 2.75) is 27.7 Å². The maximum atomic E-state index is 9.70. The van der Waals surface area contributed by atoms with Gasteiger partial charge in [0, 0.05) is 6.42 Å². The van der Waals surface area contributed by atoms with Gasteiger partial charge in [-0.25, -0.2) is 0 Å². The molecular formula is C6H17ClLiNO2. The first-order chi connectivity index (χ1) is 3.27. The third-order valence-electron chi connectivity index (χ3n) is 0.595. The van der Waals surface area contributed by atoms with Gasteiger partial charge < -0.3 is 23.2 Å². The van der Waals surface area contributed by atoms with Crippen molar-refractivity contribution < 1.29 is 41.2 Å². The van der Waals surface area contributed by atoms with Gasteiger partial charge in [0.25, 0.3) is 0 Å². The summed E-state index contributed by atoms with van der Waals surface area (Å²) in [4.78, 5) is 9.70. The first-order valence-corrected chi connectivity index (χ1v) is 2.19. The van der Waals surface area contributed by atoms with E-state index in [4.69, 9.17) is 10.8 Å². The fraction of sp³-hybridized carbons (Fsp3) is 0.833. The molecule has 0 aromatic carbocycles. The van der Waals surface area contributed by atoms with Gasteiger partial charge in [-0.1, -0.05) is 14.9 Å². The summed E-state index contributed by atoms with van der Waals surface area (Å²) >= 11 is 0. The molecule has 0 spiro atoms. The minimum atomic E-state index is -0.773. The molecule has 0 radical (unpaired) electrons. The van der Waals surface area contributed by atoms with Crippen LogP contribution in [0.1, 0.15) is 27.7 Å². The molecule has 11 heavy (non-hydrogen) atoms. The number of carboxylic acid groups (broad SMARTS) is 1. The number of aliphatic carboxylic acids is 1. The van der Waals surface area contributed by atoms with Gasteiger partial charge in [-0.3, -0.25) is 4.79 Å². The molecule has 0 unspecified atom stereocenters. The molecule has 0 atom stereocenters. The van der Waals surface area contributed by atoms with E-state index >= 15 is 0 Å². The van der Waals surface area contributed by atoms with Gasteiger partial charge >= 0.3 is 24.8 Å². The first kappa shape index (κ1) is 30.2. The molecule has 0 aliphatic carbocycles. The van der Waals surface area contributed by atoms with E-state index in [1.54, 1.807) is 0 Å². The molecule has 0 fully saturated rings. The number of hydrogen-bond donors (Lipinski definition) is 2. The minimum Gasteiger partial charge on any atom is -1.00 e. The molecule has 0 aliphatic rings. The Kier molecular flexibility index (Phi) is 61.6. The van der Waals surface area contributed by atoms with E-state index in [2.05, 4.69) is 0 Å². The number of hydrogen-bond acceptors (Lipinski definition) is 2. The molecule has 0 saturated carbocycles. The standard InChI is InChI=1S/C4H9NO2.2CH4.ClH.Li/c5-3-1-2-4(6)7;;;;/h1-3,5H2,(H,6,7);2*1H4;1H;/q;;;;+1/p-1. The van der Waals surface area contributed by atoms with Crippen LogP contribution >= 0.6 is 0 Å². The van der Waals surface area contributed by atoms with E-state index in [1.165, 1.54) is 0 Å². The zero-order valence-corrected chi connectivity index (χ0v) is 6.19. The zero-order chi connectivity index (χ0) is 5.70. The number of carbonyl (C=O) groups is 1. The fourth-order valence-corrected chi connectivity index (χ4v) is 0.253. The van der Waals surface area contributed by atoms with Crippen molar-refractivity contribution in [3.05, 3.63) is 0 Å². The molecule has 0 heterocycles. The summed E-state index contributed by atoms with van der Waals surface area (Å²) in [6, 6.07) is 0. The molecule has 66 valence electrons. The Morgan fingerprint density at radius 2 is 1.73 bits per heavy atom. The molecule has 3 nitrogen and oxygen atoms in total. The molecule has 0 aromatic heterocycles. The number of carboxylic acids is 1. The summed E-state index contributed by atoms with van der Waals surface area (Å²) in [5, 5.41) is 7.99. The van der Waals surface area contributed by atoms with E-state index in [-0.39, 0.29) is 52.5 Å². The van der Waals surface area contributed by atoms with Crippen LogP contribution in [0.15, 0.2) is 0 Å². The van der Waals surface area contributed by atoms with Gasteiger partial charge in [-0.2, -0.15) is 0 Å². The van der Waals surface area contributed by atoms with E-state index in [9.17, 15) is 4.79 Å². The molecule has 0 amide bonds. The normalized spacial score (nSPS) is 5.55. The Hall–Kier alpha value is 0.317. The summed E-state index contributed by atoms with van der Waals surface area (Å²) in [7, 11) is 0. The van der Waals surface area contributed by atoms with Crippen molar-refractivity contribution in [2.24, 2.45) is 5.73 Å². The van der Waals surface area contributed by atoms with Crippen LogP contribution in [0.4, 0.5) is 0 Å². The topological polar surface area (TPSA) is 63.3 Å². The molecule has 3 N–H and O–H groups in total. The van der Waals surface area contributed by atoms with Gasteiger partial charge in [0.2, 0.25) is 0 Å². The van der Waals surface area contributed by atoms with Crippen molar-refractivity contribution in [2.75, 3.05) is 6.54 Å². The number of halogens is 1. The predicted molar refractivity (Wildman–Crippen MR) is 39.4 cm³/mol. The molecule has 0 rings (SSSR count). The Labute approximate surface area is 87.3 Å². The SMILES string of the molecule is C.C.NCCCC(=O)O.[Cl-].[Li+]. The van der Waals surface area contributed by atoms with E-state index in [0.717, 1.165) is 0 Å². The third kappa shape index (κ3) is 38.3. The molecule has 0 aliphatic heterocycles. The van der Waals surface area contributed by atoms with Crippen LogP contribution in [0, 0.1) is 0 Å². The van der Waals surface area contributed by atoms with Crippen molar-refractivity contribution >= 4 is 5.97 Å². The molecule has 0 aromatic rings. The van der Waals surface area contributed by atoms with E-state index < -0.39 is 5.97 Å². The van der Waals surface area contributed by atoms with Gasteiger partial charge in [0.15, 0.2) is 0 Å². The fourth-order valence-electron chi connectivity index (χ4n) is 0.253. The summed E-state index contributed by atoms with van der Waals surface area (Å²) in [5.41, 5.74) is 5.01. The number of nitrogens with two attached hydrogens (primary N) is 1. The average molecular weight is 178 g/mol. The Bertz CT molecular complexity index is 73.6.